The number of amides is 2. The maximum atomic E-state index is 12.8. The lowest BCUT2D eigenvalue weighted by molar-refractivity contribution is -0.137. The second-order valence-electron chi connectivity index (χ2n) is 11.3. The first kappa shape index (κ1) is 32.3. The van der Waals surface area contributed by atoms with Crippen molar-refractivity contribution in [1.82, 2.24) is 15.1 Å². The van der Waals surface area contributed by atoms with E-state index >= 15 is 0 Å². The lowest BCUT2D eigenvalue weighted by atomic mass is 9.86. The molecule has 3 aromatic rings. The van der Waals surface area contributed by atoms with E-state index in [1.165, 1.54) is 12.1 Å². The van der Waals surface area contributed by atoms with Gasteiger partial charge in [0.15, 0.2) is 5.60 Å². The third kappa shape index (κ3) is 7.61. The number of nitrogens with one attached hydrogen (secondary N) is 1. The third-order valence-electron chi connectivity index (χ3n) is 8.33. The van der Waals surface area contributed by atoms with Gasteiger partial charge in [0.2, 0.25) is 5.91 Å². The molecule has 5 rings (SSSR count). The summed E-state index contributed by atoms with van der Waals surface area (Å²) < 4.78 is 82.8. The van der Waals surface area contributed by atoms with Crippen LogP contribution in [-0.2, 0) is 27.7 Å². The van der Waals surface area contributed by atoms with Gasteiger partial charge in [-0.25, -0.2) is 4.79 Å². The first-order valence-electron chi connectivity index (χ1n) is 14.7. The Hall–Kier alpha value is -4.06. The molecule has 1 heterocycles. The second kappa shape index (κ2) is 13.1. The number of halogens is 6. The van der Waals surface area contributed by atoms with Crippen molar-refractivity contribution in [2.24, 2.45) is 0 Å². The fraction of sp³-hybridized carbons (Fsp3) is 0.394. The van der Waals surface area contributed by atoms with Crippen LogP contribution in [0.25, 0.3) is 11.1 Å². The number of alkyl carbamates (subject to hydrolysis) is 1. The second-order valence-corrected chi connectivity index (χ2v) is 11.3. The maximum Gasteiger partial charge on any atom is 0.416 e. The predicted molar refractivity (Wildman–Crippen MR) is 155 cm³/mol. The SMILES string of the molecule is O=C(NCC(F)(F)F)OC1(CCCCN2CCN(C(=O)Cc3ccc(C(F)(F)F)cc3)CC2)c2ccccc2-c2ccccc21. The number of carbonyl (C=O) groups excluding carboxylic acids is 2. The molecule has 0 saturated carbocycles. The Morgan fingerprint density at radius 2 is 1.36 bits per heavy atom. The largest absolute Gasteiger partial charge is 0.433 e. The lowest BCUT2D eigenvalue weighted by Crippen LogP contribution is -2.49. The number of hydrogen-bond acceptors (Lipinski definition) is 4. The van der Waals surface area contributed by atoms with Gasteiger partial charge in [0.25, 0.3) is 0 Å². The number of ether oxygens (including phenoxy) is 1. The van der Waals surface area contributed by atoms with Gasteiger partial charge in [0.1, 0.15) is 6.54 Å². The molecule has 240 valence electrons. The zero-order valence-electron chi connectivity index (χ0n) is 24.4. The minimum Gasteiger partial charge on any atom is -0.433 e. The fourth-order valence-corrected chi connectivity index (χ4v) is 6.11. The molecule has 0 atom stereocenters. The van der Waals surface area contributed by atoms with E-state index < -0.39 is 36.2 Å². The highest BCUT2D eigenvalue weighted by atomic mass is 19.4. The molecule has 0 unspecified atom stereocenters. The molecule has 12 heteroatoms. The van der Waals surface area contributed by atoms with Crippen LogP contribution in [0, 0.1) is 0 Å². The van der Waals surface area contributed by atoms with E-state index in [4.69, 9.17) is 4.74 Å². The number of unbranched alkanes of at least 4 members (excludes halogenated alkanes) is 1. The van der Waals surface area contributed by atoms with Gasteiger partial charge in [-0.3, -0.25) is 9.69 Å². The minimum absolute atomic E-state index is 0.0275. The van der Waals surface area contributed by atoms with Crippen molar-refractivity contribution in [3.63, 3.8) is 0 Å². The predicted octanol–water partition coefficient (Wildman–Crippen LogP) is 6.78. The van der Waals surface area contributed by atoms with Crippen molar-refractivity contribution >= 4 is 12.0 Å². The Morgan fingerprint density at radius 3 is 1.91 bits per heavy atom. The van der Waals surface area contributed by atoms with Crippen molar-refractivity contribution in [2.45, 2.75) is 43.6 Å². The molecule has 45 heavy (non-hydrogen) atoms. The van der Waals surface area contributed by atoms with E-state index in [1.54, 1.807) is 4.90 Å². The molecule has 0 spiro atoms. The highest BCUT2D eigenvalue weighted by Gasteiger charge is 2.46. The number of nitrogens with zero attached hydrogens (tertiary/aromatic N) is 2. The molecule has 2 amide bonds. The van der Waals surface area contributed by atoms with Gasteiger partial charge in [0.05, 0.1) is 12.0 Å². The molecular weight excluding hydrogens is 600 g/mol. The molecule has 2 aliphatic rings. The molecule has 6 nitrogen and oxygen atoms in total. The maximum absolute atomic E-state index is 12.8. The van der Waals surface area contributed by atoms with E-state index in [9.17, 15) is 35.9 Å². The molecular formula is C33H33F6N3O3. The lowest BCUT2D eigenvalue weighted by Gasteiger charge is -2.35. The summed E-state index contributed by atoms with van der Waals surface area (Å²) in [6, 6.07) is 19.5. The summed E-state index contributed by atoms with van der Waals surface area (Å²) in [4.78, 5) is 29.4. The van der Waals surface area contributed by atoms with Crippen LogP contribution in [0.4, 0.5) is 31.1 Å². The quantitative estimate of drug-likeness (QED) is 0.209. The van der Waals surface area contributed by atoms with Crippen molar-refractivity contribution < 1.29 is 40.7 Å². The van der Waals surface area contributed by atoms with E-state index in [1.807, 2.05) is 53.8 Å². The fourth-order valence-electron chi connectivity index (χ4n) is 6.11. The molecule has 1 saturated heterocycles. The van der Waals surface area contributed by atoms with Gasteiger partial charge >= 0.3 is 18.4 Å². The summed E-state index contributed by atoms with van der Waals surface area (Å²) >= 11 is 0. The zero-order chi connectivity index (χ0) is 32.2. The first-order valence-corrected chi connectivity index (χ1v) is 14.7. The van der Waals surface area contributed by atoms with Crippen molar-refractivity contribution in [2.75, 3.05) is 39.3 Å². The summed E-state index contributed by atoms with van der Waals surface area (Å²) in [6.45, 7) is 1.46. The number of hydrogen-bond donors (Lipinski definition) is 1. The van der Waals surface area contributed by atoms with Crippen LogP contribution in [0.5, 0.6) is 0 Å². The Labute approximate surface area is 257 Å². The normalized spacial score (nSPS) is 16.2. The molecule has 0 aromatic heterocycles. The van der Waals surface area contributed by atoms with Gasteiger partial charge in [-0.05, 0) is 54.6 Å². The number of alkyl halides is 6. The molecule has 3 aromatic carbocycles. The smallest absolute Gasteiger partial charge is 0.416 e. The van der Waals surface area contributed by atoms with E-state index in [0.717, 1.165) is 40.8 Å². The standard InChI is InChI=1S/C33H33F6N3O3/c34-32(35,36)22-40-30(44)45-31(27-9-3-1-7-25(27)26-8-2-4-10-28(26)31)15-5-6-16-41-17-19-42(20-18-41)29(43)21-23-11-13-24(14-12-23)33(37,38)39/h1-4,7-14H,5-6,15-22H2,(H,40,44). The number of fused-ring (bicyclic) bond motifs is 3. The summed E-state index contributed by atoms with van der Waals surface area (Å²) in [5.74, 6) is -0.143. The molecule has 0 bridgehead atoms. The highest BCUT2D eigenvalue weighted by Crippen LogP contribution is 2.52. The average molecular weight is 634 g/mol. The number of piperazine rings is 1. The Kier molecular flexibility index (Phi) is 9.43. The van der Waals surface area contributed by atoms with Crippen molar-refractivity contribution in [3.05, 3.63) is 95.1 Å². The summed E-state index contributed by atoms with van der Waals surface area (Å²) in [6.07, 6.45) is -8.42. The topological polar surface area (TPSA) is 61.9 Å². The van der Waals surface area contributed by atoms with Crippen LogP contribution < -0.4 is 5.32 Å². The zero-order valence-corrected chi connectivity index (χ0v) is 24.4. The van der Waals surface area contributed by atoms with Crippen molar-refractivity contribution in [1.29, 1.82) is 0 Å². The summed E-state index contributed by atoms with van der Waals surface area (Å²) in [5.41, 5.74) is 1.72. The minimum atomic E-state index is -4.57. The van der Waals surface area contributed by atoms with Crippen LogP contribution in [-0.4, -0.2) is 67.2 Å². The van der Waals surface area contributed by atoms with Crippen molar-refractivity contribution in [3.8, 4) is 11.1 Å². The van der Waals surface area contributed by atoms with Gasteiger partial charge < -0.3 is 15.0 Å². The molecule has 1 fully saturated rings. The number of carbonyl (C=O) groups is 2. The molecule has 0 radical (unpaired) electrons. The first-order chi connectivity index (χ1) is 21.4. The van der Waals surface area contributed by atoms with Crippen LogP contribution in [0.3, 0.4) is 0 Å². The Balaban J connectivity index is 1.17. The molecule has 1 N–H and O–H groups in total. The van der Waals surface area contributed by atoms with Gasteiger partial charge in [-0.15, -0.1) is 0 Å². The average Bonchev–Trinajstić information content (AvgIpc) is 3.28. The van der Waals surface area contributed by atoms with Gasteiger partial charge in [-0.1, -0.05) is 60.7 Å². The third-order valence-corrected chi connectivity index (χ3v) is 8.33. The summed E-state index contributed by atoms with van der Waals surface area (Å²) in [5, 5.41) is 1.84. The van der Waals surface area contributed by atoms with Crippen LogP contribution in [0.15, 0.2) is 72.8 Å². The Morgan fingerprint density at radius 1 is 0.778 bits per heavy atom. The van der Waals surface area contributed by atoms with E-state index in [-0.39, 0.29) is 12.3 Å². The van der Waals surface area contributed by atoms with Gasteiger partial charge in [-0.2, -0.15) is 26.3 Å². The number of rotatable bonds is 9. The van der Waals surface area contributed by atoms with Crippen LogP contribution in [0.1, 0.15) is 41.5 Å². The monoisotopic (exact) mass is 633 g/mol. The van der Waals surface area contributed by atoms with Crippen LogP contribution >= 0.6 is 0 Å². The highest BCUT2D eigenvalue weighted by molar-refractivity contribution is 5.82. The van der Waals surface area contributed by atoms with E-state index in [0.29, 0.717) is 51.1 Å². The molecule has 1 aliphatic carbocycles. The van der Waals surface area contributed by atoms with Gasteiger partial charge in [0, 0.05) is 37.3 Å². The van der Waals surface area contributed by atoms with Crippen LogP contribution in [0.2, 0.25) is 0 Å². The molecule has 1 aliphatic heterocycles. The Bertz CT molecular complexity index is 1450. The van der Waals surface area contributed by atoms with E-state index in [2.05, 4.69) is 4.90 Å². The number of benzene rings is 3. The summed E-state index contributed by atoms with van der Waals surface area (Å²) in [7, 11) is 0.